The standard InChI is InChI=1S/C19H21N3O5S/c1-12(2)11-27-16-7-5-4-6-14(16)18(23)21-19(28)20-15-10-13(22(24)25)8-9-17(15)26-3/h4-10,12H,11H2,1-3H3,(H2,20,21,23,28). The molecule has 0 aliphatic carbocycles. The number of carbonyl (C=O) groups is 1. The van der Waals surface area contributed by atoms with Gasteiger partial charge in [0.15, 0.2) is 5.11 Å². The number of thiocarbonyl (C=S) groups is 1. The monoisotopic (exact) mass is 403 g/mol. The highest BCUT2D eigenvalue weighted by atomic mass is 32.1. The highest BCUT2D eigenvalue weighted by Gasteiger charge is 2.16. The number of methoxy groups -OCH3 is 1. The fraction of sp³-hybridized carbons (Fsp3) is 0.263. The summed E-state index contributed by atoms with van der Waals surface area (Å²) in [5.74, 6) is 0.647. The predicted octanol–water partition coefficient (Wildman–Crippen LogP) is 3.77. The van der Waals surface area contributed by atoms with E-state index in [0.29, 0.717) is 29.6 Å². The molecule has 28 heavy (non-hydrogen) atoms. The second-order valence-corrected chi connectivity index (χ2v) is 6.66. The van der Waals surface area contributed by atoms with Gasteiger partial charge in [-0.1, -0.05) is 26.0 Å². The molecule has 1 amide bonds. The Morgan fingerprint density at radius 3 is 2.57 bits per heavy atom. The number of amides is 1. The first kappa shape index (κ1) is 21.1. The molecule has 0 saturated carbocycles. The van der Waals surface area contributed by atoms with Crippen molar-refractivity contribution in [2.24, 2.45) is 5.92 Å². The number of nitrogens with one attached hydrogen (secondary N) is 2. The zero-order valence-electron chi connectivity index (χ0n) is 15.7. The molecule has 2 N–H and O–H groups in total. The fourth-order valence-electron chi connectivity index (χ4n) is 2.27. The van der Waals surface area contributed by atoms with Gasteiger partial charge in [0.25, 0.3) is 11.6 Å². The molecule has 0 aliphatic rings. The second-order valence-electron chi connectivity index (χ2n) is 6.25. The summed E-state index contributed by atoms with van der Waals surface area (Å²) in [7, 11) is 1.43. The van der Waals surface area contributed by atoms with Crippen molar-refractivity contribution in [1.29, 1.82) is 0 Å². The summed E-state index contributed by atoms with van der Waals surface area (Å²) in [6.07, 6.45) is 0. The van der Waals surface area contributed by atoms with Crippen molar-refractivity contribution in [2.75, 3.05) is 19.0 Å². The average Bonchev–Trinajstić information content (AvgIpc) is 2.66. The van der Waals surface area contributed by atoms with Crippen molar-refractivity contribution in [1.82, 2.24) is 5.32 Å². The Morgan fingerprint density at radius 1 is 1.21 bits per heavy atom. The Balaban J connectivity index is 2.13. The minimum absolute atomic E-state index is 0.0255. The summed E-state index contributed by atoms with van der Waals surface area (Å²) < 4.78 is 10.8. The van der Waals surface area contributed by atoms with E-state index >= 15 is 0 Å². The topological polar surface area (TPSA) is 103 Å². The molecule has 8 nitrogen and oxygen atoms in total. The van der Waals surface area contributed by atoms with Crippen molar-refractivity contribution in [3.8, 4) is 11.5 Å². The lowest BCUT2D eigenvalue weighted by Crippen LogP contribution is -2.34. The van der Waals surface area contributed by atoms with Gasteiger partial charge in [-0.15, -0.1) is 0 Å². The number of carbonyl (C=O) groups excluding carboxylic acids is 1. The maximum Gasteiger partial charge on any atom is 0.271 e. The molecular weight excluding hydrogens is 382 g/mol. The molecule has 0 spiro atoms. The Labute approximate surface area is 168 Å². The minimum atomic E-state index is -0.533. The maximum absolute atomic E-state index is 12.6. The number of benzene rings is 2. The van der Waals surface area contributed by atoms with Crippen LogP contribution in [0.2, 0.25) is 0 Å². The number of para-hydroxylation sites is 1. The van der Waals surface area contributed by atoms with Gasteiger partial charge in [0.05, 0.1) is 29.9 Å². The van der Waals surface area contributed by atoms with Crippen LogP contribution in [0.3, 0.4) is 0 Å². The van der Waals surface area contributed by atoms with Gasteiger partial charge in [0.1, 0.15) is 11.5 Å². The van der Waals surface area contributed by atoms with Gasteiger partial charge in [-0.05, 0) is 36.3 Å². The number of hydrogen-bond donors (Lipinski definition) is 2. The SMILES string of the molecule is COc1ccc([N+](=O)[O-])cc1NC(=S)NC(=O)c1ccccc1OCC(C)C. The molecule has 0 fully saturated rings. The zero-order valence-corrected chi connectivity index (χ0v) is 16.5. The van der Waals surface area contributed by atoms with Crippen molar-refractivity contribution in [3.05, 3.63) is 58.1 Å². The van der Waals surface area contributed by atoms with Gasteiger partial charge in [-0.3, -0.25) is 20.2 Å². The zero-order chi connectivity index (χ0) is 20.7. The normalized spacial score (nSPS) is 10.3. The van der Waals surface area contributed by atoms with Gasteiger partial charge in [0.2, 0.25) is 0 Å². The summed E-state index contributed by atoms with van der Waals surface area (Å²) in [6.45, 7) is 4.49. The van der Waals surface area contributed by atoms with Crippen molar-refractivity contribution in [3.63, 3.8) is 0 Å². The van der Waals surface area contributed by atoms with Crippen LogP contribution in [-0.4, -0.2) is 29.7 Å². The molecule has 0 unspecified atom stereocenters. The van der Waals surface area contributed by atoms with Gasteiger partial charge < -0.3 is 14.8 Å². The van der Waals surface area contributed by atoms with Crippen molar-refractivity contribution in [2.45, 2.75) is 13.8 Å². The molecule has 0 radical (unpaired) electrons. The molecule has 9 heteroatoms. The lowest BCUT2D eigenvalue weighted by molar-refractivity contribution is -0.384. The first-order valence-electron chi connectivity index (χ1n) is 8.48. The molecule has 0 atom stereocenters. The smallest absolute Gasteiger partial charge is 0.271 e. The van der Waals surface area contributed by atoms with Gasteiger partial charge in [0, 0.05) is 12.1 Å². The van der Waals surface area contributed by atoms with Crippen LogP contribution in [0.4, 0.5) is 11.4 Å². The molecule has 2 aromatic carbocycles. The number of non-ortho nitro benzene ring substituents is 1. The lowest BCUT2D eigenvalue weighted by atomic mass is 10.2. The first-order valence-corrected chi connectivity index (χ1v) is 8.89. The molecule has 0 aromatic heterocycles. The Morgan fingerprint density at radius 2 is 1.93 bits per heavy atom. The number of hydrogen-bond acceptors (Lipinski definition) is 6. The molecule has 0 aliphatic heterocycles. The summed E-state index contributed by atoms with van der Waals surface area (Å²) in [5.41, 5.74) is 0.467. The van der Waals surface area contributed by atoms with Crippen LogP contribution in [-0.2, 0) is 0 Å². The van der Waals surface area contributed by atoms with E-state index in [9.17, 15) is 14.9 Å². The maximum atomic E-state index is 12.6. The Kier molecular flexibility index (Phi) is 7.28. The minimum Gasteiger partial charge on any atom is -0.495 e. The summed E-state index contributed by atoms with van der Waals surface area (Å²) in [5, 5.41) is 16.2. The van der Waals surface area contributed by atoms with Crippen molar-refractivity contribution >= 4 is 34.6 Å². The largest absolute Gasteiger partial charge is 0.495 e. The Bertz CT molecular complexity index is 886. The molecule has 0 bridgehead atoms. The summed E-state index contributed by atoms with van der Waals surface area (Å²) in [4.78, 5) is 23.0. The Hall–Kier alpha value is -3.20. The van der Waals surface area contributed by atoms with E-state index in [1.807, 2.05) is 13.8 Å². The van der Waals surface area contributed by atoms with Crippen LogP contribution in [0.5, 0.6) is 11.5 Å². The number of anilines is 1. The number of nitrogens with zero attached hydrogens (tertiary/aromatic N) is 1. The van der Waals surface area contributed by atoms with E-state index in [1.165, 1.54) is 25.3 Å². The van der Waals surface area contributed by atoms with Crippen LogP contribution in [0.15, 0.2) is 42.5 Å². The molecule has 0 heterocycles. The number of nitro groups is 1. The van der Waals surface area contributed by atoms with Gasteiger partial charge in [-0.2, -0.15) is 0 Å². The molecule has 148 valence electrons. The highest BCUT2D eigenvalue weighted by Crippen LogP contribution is 2.28. The quantitative estimate of drug-likeness (QED) is 0.412. The van der Waals surface area contributed by atoms with Gasteiger partial charge in [-0.25, -0.2) is 0 Å². The third kappa shape index (κ3) is 5.65. The third-order valence-electron chi connectivity index (χ3n) is 3.57. The van der Waals surface area contributed by atoms with Crippen LogP contribution in [0.25, 0.3) is 0 Å². The molecule has 0 saturated heterocycles. The van der Waals surface area contributed by atoms with E-state index in [4.69, 9.17) is 21.7 Å². The molecule has 2 aromatic rings. The lowest BCUT2D eigenvalue weighted by Gasteiger charge is -2.15. The predicted molar refractivity (Wildman–Crippen MR) is 110 cm³/mol. The van der Waals surface area contributed by atoms with E-state index in [0.717, 1.165) is 0 Å². The number of ether oxygens (including phenoxy) is 2. The highest BCUT2D eigenvalue weighted by molar-refractivity contribution is 7.80. The van der Waals surface area contributed by atoms with E-state index in [2.05, 4.69) is 10.6 Å². The average molecular weight is 403 g/mol. The fourth-order valence-corrected chi connectivity index (χ4v) is 2.47. The van der Waals surface area contributed by atoms with Crippen LogP contribution < -0.4 is 20.1 Å². The number of nitro benzene ring substituents is 1. The van der Waals surface area contributed by atoms with Crippen LogP contribution >= 0.6 is 12.2 Å². The first-order chi connectivity index (χ1) is 13.3. The van der Waals surface area contributed by atoms with E-state index < -0.39 is 10.8 Å². The third-order valence-corrected chi connectivity index (χ3v) is 3.78. The van der Waals surface area contributed by atoms with E-state index in [1.54, 1.807) is 24.3 Å². The molecule has 2 rings (SSSR count). The summed E-state index contributed by atoms with van der Waals surface area (Å²) in [6, 6.07) is 10.9. The van der Waals surface area contributed by atoms with Gasteiger partial charge >= 0.3 is 0 Å². The van der Waals surface area contributed by atoms with Crippen LogP contribution in [0, 0.1) is 16.0 Å². The number of rotatable bonds is 7. The van der Waals surface area contributed by atoms with E-state index in [-0.39, 0.29) is 16.5 Å². The van der Waals surface area contributed by atoms with Crippen molar-refractivity contribution < 1.29 is 19.2 Å². The molecular formula is C19H21N3O5S. The summed E-state index contributed by atoms with van der Waals surface area (Å²) >= 11 is 5.17. The second kappa shape index (κ2) is 9.65. The van der Waals surface area contributed by atoms with Crippen LogP contribution in [0.1, 0.15) is 24.2 Å².